The van der Waals surface area contributed by atoms with Gasteiger partial charge in [-0.25, -0.2) is 4.79 Å². The summed E-state index contributed by atoms with van der Waals surface area (Å²) < 4.78 is 15.5. The predicted octanol–water partition coefficient (Wildman–Crippen LogP) is 3.65. The van der Waals surface area contributed by atoms with Gasteiger partial charge in [0.2, 0.25) is 5.76 Å². The van der Waals surface area contributed by atoms with Crippen LogP contribution in [0.2, 0.25) is 0 Å². The molecule has 0 fully saturated rings. The van der Waals surface area contributed by atoms with Crippen molar-refractivity contribution in [2.45, 2.75) is 26.3 Å². The van der Waals surface area contributed by atoms with Crippen LogP contribution in [0.3, 0.4) is 0 Å². The number of methoxy groups -OCH3 is 1. The van der Waals surface area contributed by atoms with Gasteiger partial charge >= 0.3 is 5.97 Å². The van der Waals surface area contributed by atoms with E-state index >= 15 is 0 Å². The maximum atomic E-state index is 11.9. The highest BCUT2D eigenvalue weighted by atomic mass is 35.5. The first-order valence-corrected chi connectivity index (χ1v) is 7.13. The molecule has 24 heavy (non-hydrogen) atoms. The predicted molar refractivity (Wildman–Crippen MR) is 94.4 cm³/mol. The number of esters is 1. The van der Waals surface area contributed by atoms with E-state index in [0.29, 0.717) is 11.5 Å². The summed E-state index contributed by atoms with van der Waals surface area (Å²) >= 11 is 0. The van der Waals surface area contributed by atoms with E-state index in [1.54, 1.807) is 30.5 Å². The normalized spacial score (nSPS) is 11.0. The molecular weight excluding hydrogens is 332 g/mol. The Morgan fingerprint density at radius 2 is 2.00 bits per heavy atom. The summed E-state index contributed by atoms with van der Waals surface area (Å²) in [4.78, 5) is 11.9. The summed E-state index contributed by atoms with van der Waals surface area (Å²) in [5, 5.41) is 4.17. The number of carbonyl (C=O) groups excluding carboxylic acids is 1. The average molecular weight is 353 g/mol. The number of nitrogens with zero attached hydrogens (tertiary/aromatic N) is 1. The van der Waals surface area contributed by atoms with E-state index in [1.165, 1.54) is 19.4 Å². The molecule has 1 aromatic heterocycles. The van der Waals surface area contributed by atoms with Crippen molar-refractivity contribution in [3.05, 3.63) is 47.9 Å². The molecule has 1 aromatic carbocycles. The largest absolute Gasteiger partial charge is 0.493 e. The van der Waals surface area contributed by atoms with Crippen molar-refractivity contribution in [1.29, 1.82) is 0 Å². The lowest BCUT2D eigenvalue weighted by Gasteiger charge is -2.17. The number of hydrazone groups is 1. The van der Waals surface area contributed by atoms with Gasteiger partial charge in [-0.1, -0.05) is 0 Å². The maximum Gasteiger partial charge on any atom is 0.379 e. The van der Waals surface area contributed by atoms with Crippen molar-refractivity contribution < 1.29 is 18.7 Å². The second kappa shape index (κ2) is 8.40. The second-order valence-electron chi connectivity index (χ2n) is 5.90. The molecular formula is C17H21ClN2O4. The van der Waals surface area contributed by atoms with Gasteiger partial charge in [0, 0.05) is 5.54 Å². The molecule has 0 atom stereocenters. The molecule has 1 heterocycles. The highest BCUT2D eigenvalue weighted by Crippen LogP contribution is 2.28. The summed E-state index contributed by atoms with van der Waals surface area (Å²) in [7, 11) is 1.51. The van der Waals surface area contributed by atoms with Crippen LogP contribution >= 0.6 is 12.4 Å². The third-order valence-electron chi connectivity index (χ3n) is 2.73. The van der Waals surface area contributed by atoms with Gasteiger partial charge < -0.3 is 19.3 Å². The zero-order valence-electron chi connectivity index (χ0n) is 14.0. The molecule has 0 aliphatic rings. The van der Waals surface area contributed by atoms with E-state index in [0.717, 1.165) is 5.56 Å². The van der Waals surface area contributed by atoms with Crippen molar-refractivity contribution in [1.82, 2.24) is 5.43 Å². The molecule has 0 aliphatic heterocycles. The van der Waals surface area contributed by atoms with Crippen molar-refractivity contribution in [3.8, 4) is 11.5 Å². The molecule has 0 bridgehead atoms. The molecule has 0 saturated heterocycles. The molecule has 0 unspecified atom stereocenters. The van der Waals surface area contributed by atoms with Gasteiger partial charge in [0.1, 0.15) is 0 Å². The zero-order valence-corrected chi connectivity index (χ0v) is 14.8. The van der Waals surface area contributed by atoms with Crippen LogP contribution in [0.25, 0.3) is 0 Å². The van der Waals surface area contributed by atoms with Crippen molar-refractivity contribution >= 4 is 24.6 Å². The third kappa shape index (κ3) is 5.62. The lowest BCUT2D eigenvalue weighted by atomic mass is 10.1. The van der Waals surface area contributed by atoms with E-state index in [1.807, 2.05) is 20.8 Å². The van der Waals surface area contributed by atoms with E-state index < -0.39 is 5.97 Å². The molecule has 1 N–H and O–H groups in total. The minimum Gasteiger partial charge on any atom is -0.493 e. The molecule has 0 aliphatic carbocycles. The highest BCUT2D eigenvalue weighted by Gasteiger charge is 2.15. The average Bonchev–Trinajstić information content (AvgIpc) is 3.01. The molecule has 0 radical (unpaired) electrons. The van der Waals surface area contributed by atoms with E-state index in [2.05, 4.69) is 10.5 Å². The highest BCUT2D eigenvalue weighted by molar-refractivity contribution is 5.89. The van der Waals surface area contributed by atoms with Crippen LogP contribution in [0.1, 0.15) is 36.9 Å². The first-order chi connectivity index (χ1) is 10.9. The fourth-order valence-electron chi connectivity index (χ4n) is 1.69. The molecule has 7 heteroatoms. The Morgan fingerprint density at radius 1 is 1.25 bits per heavy atom. The lowest BCUT2D eigenvalue weighted by Crippen LogP contribution is -2.31. The summed E-state index contributed by atoms with van der Waals surface area (Å²) in [5.41, 5.74) is 3.71. The molecule has 0 spiro atoms. The first-order valence-electron chi connectivity index (χ1n) is 7.13. The van der Waals surface area contributed by atoms with Crippen LogP contribution < -0.4 is 14.9 Å². The molecule has 0 amide bonds. The SMILES string of the molecule is COc1cc(/C=N/NC(C)(C)C)ccc1OC(=O)c1ccco1.Cl. The number of hydrogen-bond donors (Lipinski definition) is 1. The minimum atomic E-state index is -0.580. The van der Waals surface area contributed by atoms with Crippen LogP contribution in [-0.4, -0.2) is 24.8 Å². The van der Waals surface area contributed by atoms with Crippen molar-refractivity contribution in [2.75, 3.05) is 7.11 Å². The van der Waals surface area contributed by atoms with Gasteiger partial charge in [0.05, 0.1) is 19.6 Å². The number of furan rings is 1. The smallest absolute Gasteiger partial charge is 0.379 e. The number of halogens is 1. The standard InChI is InChI=1S/C17H20N2O4.ClH/c1-17(2,3)19-18-11-12-7-8-13(15(10-12)21-4)23-16(20)14-6-5-9-22-14;/h5-11,19H,1-4H3;1H/b18-11+;. The fraction of sp³-hybridized carbons (Fsp3) is 0.294. The summed E-state index contributed by atoms with van der Waals surface area (Å²) in [6.45, 7) is 6.05. The van der Waals surface area contributed by atoms with Crippen LogP contribution in [0.4, 0.5) is 0 Å². The minimum absolute atomic E-state index is 0. The lowest BCUT2D eigenvalue weighted by molar-refractivity contribution is 0.0696. The second-order valence-corrected chi connectivity index (χ2v) is 5.90. The van der Waals surface area contributed by atoms with E-state index in [-0.39, 0.29) is 23.7 Å². The Morgan fingerprint density at radius 3 is 2.58 bits per heavy atom. The van der Waals surface area contributed by atoms with E-state index in [4.69, 9.17) is 13.9 Å². The van der Waals surface area contributed by atoms with Gasteiger partial charge in [0.15, 0.2) is 11.5 Å². The summed E-state index contributed by atoms with van der Waals surface area (Å²) in [6, 6.07) is 8.32. The van der Waals surface area contributed by atoms with Crippen molar-refractivity contribution in [3.63, 3.8) is 0 Å². The molecule has 2 rings (SSSR count). The number of nitrogens with one attached hydrogen (secondary N) is 1. The van der Waals surface area contributed by atoms with Crippen LogP contribution in [-0.2, 0) is 0 Å². The van der Waals surface area contributed by atoms with Gasteiger partial charge in [0.25, 0.3) is 0 Å². The zero-order chi connectivity index (χ0) is 16.9. The summed E-state index contributed by atoms with van der Waals surface area (Å²) in [6.07, 6.45) is 3.08. The van der Waals surface area contributed by atoms with Crippen LogP contribution in [0.5, 0.6) is 11.5 Å². The number of hydrogen-bond acceptors (Lipinski definition) is 6. The Kier molecular flexibility index (Phi) is 6.85. The van der Waals surface area contributed by atoms with Gasteiger partial charge in [-0.3, -0.25) is 0 Å². The topological polar surface area (TPSA) is 73.1 Å². The van der Waals surface area contributed by atoms with Gasteiger partial charge in [-0.15, -0.1) is 12.4 Å². The van der Waals surface area contributed by atoms with Gasteiger partial charge in [-0.05, 0) is 56.7 Å². The Hall–Kier alpha value is -2.47. The van der Waals surface area contributed by atoms with Crippen LogP contribution in [0, 0.1) is 0 Å². The van der Waals surface area contributed by atoms with Crippen LogP contribution in [0.15, 0.2) is 46.1 Å². The van der Waals surface area contributed by atoms with Crippen molar-refractivity contribution in [2.24, 2.45) is 5.10 Å². The first kappa shape index (κ1) is 19.6. The number of carbonyl (C=O) groups is 1. The Labute approximate surface area is 147 Å². The van der Waals surface area contributed by atoms with Gasteiger partial charge in [-0.2, -0.15) is 5.10 Å². The van der Waals surface area contributed by atoms with E-state index in [9.17, 15) is 4.79 Å². The molecule has 2 aromatic rings. The molecule has 6 nitrogen and oxygen atoms in total. The number of ether oxygens (including phenoxy) is 2. The summed E-state index contributed by atoms with van der Waals surface area (Å²) in [5.74, 6) is 0.302. The maximum absolute atomic E-state index is 11.9. The quantitative estimate of drug-likeness (QED) is 0.385. The Bertz CT molecular complexity index is 691. The molecule has 130 valence electrons. The number of rotatable bonds is 5. The monoisotopic (exact) mass is 352 g/mol. The third-order valence-corrected chi connectivity index (χ3v) is 2.73. The fourth-order valence-corrected chi connectivity index (χ4v) is 1.69. The molecule has 0 saturated carbocycles. The number of benzene rings is 1. The Balaban J connectivity index is 0.00000288.